The minimum absolute atomic E-state index is 0. The fourth-order valence-corrected chi connectivity index (χ4v) is 5.99. The summed E-state index contributed by atoms with van der Waals surface area (Å²) in [5.41, 5.74) is 5.97. The predicted octanol–water partition coefficient (Wildman–Crippen LogP) is -4.21. The molecule has 4 heterocycles. The second-order valence-corrected chi connectivity index (χ2v) is 12.6. The average molecular weight is 688 g/mol. The van der Waals surface area contributed by atoms with Crippen LogP contribution < -0.4 is 40.4 Å². The van der Waals surface area contributed by atoms with Gasteiger partial charge in [0.2, 0.25) is 0 Å². The maximum atomic E-state index is 12.2. The summed E-state index contributed by atoms with van der Waals surface area (Å²) >= 11 is 0. The van der Waals surface area contributed by atoms with E-state index >= 15 is 0 Å². The molecule has 0 spiro atoms. The molecule has 15 heteroatoms. The fraction of sp³-hybridized carbons (Fsp3) is 0.636. The molecule has 2 bridgehead atoms. The van der Waals surface area contributed by atoms with Gasteiger partial charge in [0.25, 0.3) is 0 Å². The molecule has 4 rings (SSSR count). The van der Waals surface area contributed by atoms with Gasteiger partial charge in [0.05, 0.1) is 54.7 Å². The predicted molar refractivity (Wildman–Crippen MR) is 163 cm³/mol. The van der Waals surface area contributed by atoms with Gasteiger partial charge in [-0.2, -0.15) is 0 Å². The summed E-state index contributed by atoms with van der Waals surface area (Å²) in [7, 11) is 0. The number of carboxylic acid groups (broad SMARTS) is 1. The van der Waals surface area contributed by atoms with Crippen molar-refractivity contribution in [2.75, 3.05) is 0 Å². The van der Waals surface area contributed by atoms with Crippen LogP contribution in [-0.2, 0) is 33.3 Å². The van der Waals surface area contributed by atoms with Crippen molar-refractivity contribution in [3.8, 4) is 0 Å². The minimum Gasteiger partial charge on any atom is -0.550 e. The van der Waals surface area contributed by atoms with Crippen LogP contribution in [0.3, 0.4) is 0 Å². The summed E-state index contributed by atoms with van der Waals surface area (Å²) in [6, 6.07) is -1.09. The van der Waals surface area contributed by atoms with Gasteiger partial charge in [-0.15, -0.1) is 0 Å². The van der Waals surface area contributed by atoms with Gasteiger partial charge in [-0.25, -0.2) is 4.79 Å². The molecule has 3 saturated heterocycles. The molecule has 3 fully saturated rings. The quantitative estimate of drug-likeness (QED) is 0.0939. The van der Waals surface area contributed by atoms with Crippen molar-refractivity contribution in [3.63, 3.8) is 0 Å². The smallest absolute Gasteiger partial charge is 0.550 e. The van der Waals surface area contributed by atoms with Crippen LogP contribution in [-0.4, -0.2) is 117 Å². The Morgan fingerprint density at radius 2 is 1.65 bits per heavy atom. The van der Waals surface area contributed by atoms with E-state index in [4.69, 9.17) is 29.4 Å². The maximum absolute atomic E-state index is 12.2. The standard InChI is InChI=1S/C33H47NO13.Na/c1-18-10-8-6-4-3-5-7-9-11-21(45-32-30(39)28(34)29(38)19(2)44-32)15-25-27(31(40)41)22(36)17-33(42,47-25)16-20(35)14-24-23(46-24)12-13-26(37)43-18;/h3-9,11-13,18-25,27-30,32,35-36,38-39,42H,10,14-17,34H2,1-2H3,(H,40,41);/q;+1/p-1/b4-3+,7-5+,8-6+,11-9?,13-12+;/t18-,19-,20+,21+,22+,23-,24-,25+,27-,28+,29-,30+,32+,33-;/m1./s1. The SMILES string of the molecule is C[C@@H]1C/C=C/C=C/C=C/C=C[C@H](O[C@@H]2O[C@H](C)[C@@H](O)[C@H](N)[C@@H]2O)C[C@@H]2O[C@](O)(C[C@@H](O)C[C@H]3O[C@@H]3/C=C/C(=O)O1)C[C@H](O)[C@H]2C(=O)[O-].[Na+]. The molecule has 0 aromatic heterocycles. The molecule has 48 heavy (non-hydrogen) atoms. The Morgan fingerprint density at radius 1 is 0.958 bits per heavy atom. The number of fused-ring (bicyclic) bond motifs is 3. The van der Waals surface area contributed by atoms with Gasteiger partial charge in [0, 0.05) is 44.1 Å². The Labute approximate surface area is 301 Å². The molecule has 0 aromatic carbocycles. The van der Waals surface area contributed by atoms with Crippen LogP contribution in [0.2, 0.25) is 0 Å². The number of esters is 1. The van der Waals surface area contributed by atoms with Crippen LogP contribution in [0.15, 0.2) is 60.8 Å². The van der Waals surface area contributed by atoms with E-state index < -0.39 is 97.3 Å². The van der Waals surface area contributed by atoms with Crippen molar-refractivity contribution in [3.05, 3.63) is 60.8 Å². The van der Waals surface area contributed by atoms with Gasteiger partial charge in [0.1, 0.15) is 18.3 Å². The number of cyclic esters (lactones) is 1. The number of rotatable bonds is 3. The third-order valence-electron chi connectivity index (χ3n) is 8.56. The Hall–Kier alpha value is -1.76. The first-order valence-corrected chi connectivity index (χ1v) is 15.9. The van der Waals surface area contributed by atoms with Crippen LogP contribution in [0, 0.1) is 5.92 Å². The minimum atomic E-state index is -2.13. The van der Waals surface area contributed by atoms with Crippen LogP contribution in [0.1, 0.15) is 46.0 Å². The largest absolute Gasteiger partial charge is 1.00 e. The maximum Gasteiger partial charge on any atom is 1.00 e. The first kappa shape index (κ1) is 40.7. The summed E-state index contributed by atoms with van der Waals surface area (Å²) < 4.78 is 28.4. The van der Waals surface area contributed by atoms with Crippen molar-refractivity contribution >= 4 is 11.9 Å². The number of carboxylic acids is 1. The summed E-state index contributed by atoms with van der Waals surface area (Å²) in [6.07, 6.45) is 4.80. The van der Waals surface area contributed by atoms with E-state index in [1.165, 1.54) is 12.2 Å². The number of carbonyl (C=O) groups excluding carboxylic acids is 2. The van der Waals surface area contributed by atoms with Gasteiger partial charge in [-0.1, -0.05) is 48.6 Å². The summed E-state index contributed by atoms with van der Waals surface area (Å²) in [5.74, 6) is -5.84. The van der Waals surface area contributed by atoms with Crippen molar-refractivity contribution < 1.29 is 93.5 Å². The van der Waals surface area contributed by atoms with Crippen LogP contribution in [0.4, 0.5) is 0 Å². The van der Waals surface area contributed by atoms with Gasteiger partial charge < -0.3 is 64.9 Å². The first-order chi connectivity index (χ1) is 22.3. The van der Waals surface area contributed by atoms with Gasteiger partial charge >= 0.3 is 35.5 Å². The number of aliphatic carboxylic acids is 1. The zero-order valence-corrected chi connectivity index (χ0v) is 29.4. The van der Waals surface area contributed by atoms with E-state index in [9.17, 15) is 40.2 Å². The van der Waals surface area contributed by atoms with E-state index in [-0.39, 0.29) is 54.9 Å². The molecule has 0 amide bonds. The van der Waals surface area contributed by atoms with E-state index in [2.05, 4.69) is 0 Å². The number of nitrogens with two attached hydrogens (primary N) is 1. The Morgan fingerprint density at radius 3 is 2.35 bits per heavy atom. The number of hydrogen-bond donors (Lipinski definition) is 6. The molecular weight excluding hydrogens is 641 g/mol. The number of hydrogen-bond acceptors (Lipinski definition) is 14. The molecule has 0 saturated carbocycles. The fourth-order valence-electron chi connectivity index (χ4n) is 5.99. The van der Waals surface area contributed by atoms with Crippen molar-refractivity contribution in [2.24, 2.45) is 11.7 Å². The molecule has 14 atom stereocenters. The van der Waals surface area contributed by atoms with Crippen LogP contribution in [0.5, 0.6) is 0 Å². The van der Waals surface area contributed by atoms with Crippen molar-refractivity contribution in [1.29, 1.82) is 0 Å². The first-order valence-electron chi connectivity index (χ1n) is 15.9. The average Bonchev–Trinajstić information content (AvgIpc) is 3.72. The van der Waals surface area contributed by atoms with Crippen molar-refractivity contribution in [1.82, 2.24) is 0 Å². The van der Waals surface area contributed by atoms with Crippen LogP contribution in [0.25, 0.3) is 0 Å². The van der Waals surface area contributed by atoms with E-state index in [0.717, 1.165) is 0 Å². The van der Waals surface area contributed by atoms with E-state index in [0.29, 0.717) is 6.42 Å². The molecule has 0 aromatic rings. The number of aliphatic hydroxyl groups excluding tert-OH is 4. The molecule has 14 nitrogen and oxygen atoms in total. The second-order valence-electron chi connectivity index (χ2n) is 12.6. The molecule has 0 unspecified atom stereocenters. The molecule has 7 N–H and O–H groups in total. The third-order valence-corrected chi connectivity index (χ3v) is 8.56. The number of carbonyl (C=O) groups is 2. The number of epoxide rings is 1. The van der Waals surface area contributed by atoms with E-state index in [1.807, 2.05) is 6.08 Å². The Bertz CT molecular complexity index is 1230. The third kappa shape index (κ3) is 11.7. The zero-order valence-electron chi connectivity index (χ0n) is 27.4. The molecular formula is C33H46NNaO13. The summed E-state index contributed by atoms with van der Waals surface area (Å²) in [6.45, 7) is 3.33. The summed E-state index contributed by atoms with van der Waals surface area (Å²) in [4.78, 5) is 24.3. The Balaban J connectivity index is 0.00000625. The molecule has 262 valence electrons. The molecule has 0 aliphatic carbocycles. The van der Waals surface area contributed by atoms with Gasteiger partial charge in [0.15, 0.2) is 12.1 Å². The van der Waals surface area contributed by atoms with E-state index in [1.54, 1.807) is 56.4 Å². The topological polar surface area (TPSA) is 234 Å². The monoisotopic (exact) mass is 687 g/mol. The molecule has 4 aliphatic heterocycles. The number of allylic oxidation sites excluding steroid dienone is 6. The van der Waals surface area contributed by atoms with Gasteiger partial charge in [-0.3, -0.25) is 0 Å². The van der Waals surface area contributed by atoms with Crippen molar-refractivity contribution in [2.45, 2.75) is 125 Å². The van der Waals surface area contributed by atoms with Crippen LogP contribution >= 0.6 is 0 Å². The second kappa shape index (κ2) is 18.5. The number of aliphatic hydroxyl groups is 5. The summed E-state index contributed by atoms with van der Waals surface area (Å²) in [5, 5.41) is 66.0. The molecule has 4 aliphatic rings. The number of ether oxygens (including phenoxy) is 5. The van der Waals surface area contributed by atoms with Gasteiger partial charge in [-0.05, 0) is 19.9 Å². The normalized spacial score (nSPS) is 45.6. The molecule has 0 radical (unpaired) electrons. The Kier molecular flexibility index (Phi) is 15.6. The zero-order chi connectivity index (χ0) is 34.3.